The van der Waals surface area contributed by atoms with Crippen LogP contribution in [0.2, 0.25) is 0 Å². The topological polar surface area (TPSA) is 51.7 Å². The summed E-state index contributed by atoms with van der Waals surface area (Å²) in [6.07, 6.45) is 3.32. The molecule has 2 aromatic rings. The highest BCUT2D eigenvalue weighted by atomic mass is 19.1. The molecule has 0 aliphatic carbocycles. The van der Waals surface area contributed by atoms with Gasteiger partial charge in [0.25, 0.3) is 0 Å². The molecular formula is C16H15FN2O3. The normalized spacial score (nSPS) is 13.3. The molecule has 0 unspecified atom stereocenters. The van der Waals surface area contributed by atoms with Gasteiger partial charge in [0.05, 0.1) is 26.3 Å². The monoisotopic (exact) mass is 302 g/mol. The smallest absolute Gasteiger partial charge is 0.231 e. The second kappa shape index (κ2) is 6.01. The maximum atomic E-state index is 13.7. The van der Waals surface area contributed by atoms with Crippen molar-refractivity contribution in [3.05, 3.63) is 48.0 Å². The maximum absolute atomic E-state index is 13.7. The summed E-state index contributed by atoms with van der Waals surface area (Å²) in [6.45, 7) is 0.885. The number of rotatable bonds is 3. The molecule has 0 fully saturated rings. The molecule has 0 saturated heterocycles. The first kappa shape index (κ1) is 14.3. The van der Waals surface area contributed by atoms with Crippen LogP contribution in [0.3, 0.4) is 0 Å². The first-order chi connectivity index (χ1) is 10.7. The standard InChI is InChI=1S/C16H15FN2O3/c1-21-14-3-2-11(8-12(14)17)9-16(20)19-6-7-22-15-4-5-18-10-13(15)19/h2-5,8,10H,6-7,9H2,1H3. The summed E-state index contributed by atoms with van der Waals surface area (Å²) in [6, 6.07) is 6.25. The van der Waals surface area contributed by atoms with E-state index in [1.807, 2.05) is 0 Å². The van der Waals surface area contributed by atoms with E-state index in [0.717, 1.165) is 0 Å². The Bertz CT molecular complexity index is 706. The largest absolute Gasteiger partial charge is 0.494 e. The summed E-state index contributed by atoms with van der Waals surface area (Å²) in [7, 11) is 1.40. The minimum absolute atomic E-state index is 0.106. The third-order valence-corrected chi connectivity index (χ3v) is 3.50. The molecule has 1 aromatic heterocycles. The van der Waals surface area contributed by atoms with Crippen LogP contribution in [0.1, 0.15) is 5.56 Å². The number of aromatic nitrogens is 1. The lowest BCUT2D eigenvalue weighted by Gasteiger charge is -2.29. The third kappa shape index (κ3) is 2.72. The number of carbonyl (C=O) groups is 1. The Kier molecular flexibility index (Phi) is 3.91. The van der Waals surface area contributed by atoms with E-state index in [1.165, 1.54) is 19.2 Å². The van der Waals surface area contributed by atoms with E-state index in [4.69, 9.17) is 9.47 Å². The molecule has 0 atom stereocenters. The minimum Gasteiger partial charge on any atom is -0.494 e. The Morgan fingerprint density at radius 3 is 3.09 bits per heavy atom. The number of benzene rings is 1. The molecule has 3 rings (SSSR count). The zero-order chi connectivity index (χ0) is 15.5. The fraction of sp³-hybridized carbons (Fsp3) is 0.250. The SMILES string of the molecule is COc1ccc(CC(=O)N2CCOc3ccncc32)cc1F. The highest BCUT2D eigenvalue weighted by molar-refractivity contribution is 5.96. The molecular weight excluding hydrogens is 287 g/mol. The number of fused-ring (bicyclic) bond motifs is 1. The van der Waals surface area contributed by atoms with Crippen molar-refractivity contribution in [1.29, 1.82) is 0 Å². The number of amides is 1. The molecule has 2 heterocycles. The molecule has 0 saturated carbocycles. The van der Waals surface area contributed by atoms with Crippen molar-refractivity contribution in [2.75, 3.05) is 25.2 Å². The Morgan fingerprint density at radius 1 is 1.45 bits per heavy atom. The van der Waals surface area contributed by atoms with Gasteiger partial charge in [-0.2, -0.15) is 0 Å². The average Bonchev–Trinajstić information content (AvgIpc) is 2.54. The highest BCUT2D eigenvalue weighted by Crippen LogP contribution is 2.30. The molecule has 6 heteroatoms. The van der Waals surface area contributed by atoms with Crippen LogP contribution in [0.4, 0.5) is 10.1 Å². The predicted octanol–water partition coefficient (Wildman–Crippen LogP) is 2.20. The highest BCUT2D eigenvalue weighted by Gasteiger charge is 2.24. The minimum atomic E-state index is -0.475. The number of nitrogens with zero attached hydrogens (tertiary/aromatic N) is 2. The third-order valence-electron chi connectivity index (χ3n) is 3.50. The van der Waals surface area contributed by atoms with E-state index < -0.39 is 5.82 Å². The fourth-order valence-corrected chi connectivity index (χ4v) is 2.41. The van der Waals surface area contributed by atoms with Gasteiger partial charge in [0, 0.05) is 12.3 Å². The molecule has 1 aromatic carbocycles. The number of pyridine rings is 1. The molecule has 1 aliphatic heterocycles. The molecule has 114 valence electrons. The van der Waals surface area contributed by atoms with Crippen molar-refractivity contribution in [1.82, 2.24) is 4.98 Å². The lowest BCUT2D eigenvalue weighted by molar-refractivity contribution is -0.118. The van der Waals surface area contributed by atoms with Crippen molar-refractivity contribution in [3.8, 4) is 11.5 Å². The van der Waals surface area contributed by atoms with Gasteiger partial charge in [0.15, 0.2) is 11.6 Å². The molecule has 1 aliphatic rings. The van der Waals surface area contributed by atoms with Gasteiger partial charge in [-0.3, -0.25) is 9.78 Å². The second-order valence-electron chi connectivity index (χ2n) is 4.88. The van der Waals surface area contributed by atoms with Crippen LogP contribution in [0.25, 0.3) is 0 Å². The number of anilines is 1. The van der Waals surface area contributed by atoms with Gasteiger partial charge in [-0.05, 0) is 17.7 Å². The molecule has 5 nitrogen and oxygen atoms in total. The number of carbonyl (C=O) groups excluding carboxylic acids is 1. The van der Waals surface area contributed by atoms with Gasteiger partial charge in [0.1, 0.15) is 18.0 Å². The first-order valence-corrected chi connectivity index (χ1v) is 6.88. The van der Waals surface area contributed by atoms with E-state index in [9.17, 15) is 9.18 Å². The van der Waals surface area contributed by atoms with Crippen LogP contribution in [-0.4, -0.2) is 31.2 Å². The summed E-state index contributed by atoms with van der Waals surface area (Å²) in [4.78, 5) is 18.1. The molecule has 0 spiro atoms. The number of methoxy groups -OCH3 is 1. The van der Waals surface area contributed by atoms with E-state index >= 15 is 0 Å². The predicted molar refractivity (Wildman–Crippen MR) is 78.7 cm³/mol. The summed E-state index contributed by atoms with van der Waals surface area (Å²) in [5, 5.41) is 0. The Morgan fingerprint density at radius 2 is 2.32 bits per heavy atom. The average molecular weight is 302 g/mol. The summed E-state index contributed by atoms with van der Waals surface area (Å²) in [5.41, 5.74) is 1.24. The van der Waals surface area contributed by atoms with E-state index in [2.05, 4.69) is 4.98 Å². The van der Waals surface area contributed by atoms with Crippen molar-refractivity contribution >= 4 is 11.6 Å². The van der Waals surface area contributed by atoms with Crippen LogP contribution in [-0.2, 0) is 11.2 Å². The van der Waals surface area contributed by atoms with E-state index in [1.54, 1.807) is 29.4 Å². The van der Waals surface area contributed by atoms with Gasteiger partial charge < -0.3 is 14.4 Å². The van der Waals surface area contributed by atoms with E-state index in [-0.39, 0.29) is 18.1 Å². The number of ether oxygens (including phenoxy) is 2. The number of hydrogen-bond donors (Lipinski definition) is 0. The van der Waals surface area contributed by atoms with Gasteiger partial charge in [0.2, 0.25) is 5.91 Å². The van der Waals surface area contributed by atoms with Gasteiger partial charge >= 0.3 is 0 Å². The molecule has 22 heavy (non-hydrogen) atoms. The quantitative estimate of drug-likeness (QED) is 0.872. The lowest BCUT2D eigenvalue weighted by Crippen LogP contribution is -2.38. The van der Waals surface area contributed by atoms with E-state index in [0.29, 0.717) is 30.2 Å². The zero-order valence-electron chi connectivity index (χ0n) is 12.1. The molecule has 0 bridgehead atoms. The van der Waals surface area contributed by atoms with Gasteiger partial charge in [-0.1, -0.05) is 6.07 Å². The van der Waals surface area contributed by atoms with Crippen LogP contribution >= 0.6 is 0 Å². The fourth-order valence-electron chi connectivity index (χ4n) is 2.41. The van der Waals surface area contributed by atoms with Crippen LogP contribution in [0, 0.1) is 5.82 Å². The molecule has 0 N–H and O–H groups in total. The Hall–Kier alpha value is -2.63. The van der Waals surface area contributed by atoms with Crippen LogP contribution < -0.4 is 14.4 Å². The maximum Gasteiger partial charge on any atom is 0.231 e. The van der Waals surface area contributed by atoms with Crippen molar-refractivity contribution in [2.24, 2.45) is 0 Å². The van der Waals surface area contributed by atoms with Gasteiger partial charge in [-0.25, -0.2) is 4.39 Å². The Balaban J connectivity index is 1.79. The van der Waals surface area contributed by atoms with Crippen LogP contribution in [0.5, 0.6) is 11.5 Å². The summed E-state index contributed by atoms with van der Waals surface area (Å²) in [5.74, 6) is 0.201. The van der Waals surface area contributed by atoms with Crippen LogP contribution in [0.15, 0.2) is 36.7 Å². The zero-order valence-corrected chi connectivity index (χ0v) is 12.1. The second-order valence-corrected chi connectivity index (χ2v) is 4.88. The lowest BCUT2D eigenvalue weighted by atomic mass is 10.1. The number of halogens is 1. The van der Waals surface area contributed by atoms with Crippen molar-refractivity contribution in [3.63, 3.8) is 0 Å². The first-order valence-electron chi connectivity index (χ1n) is 6.88. The summed E-state index contributed by atoms with van der Waals surface area (Å²) < 4.78 is 24.1. The molecule has 0 radical (unpaired) electrons. The number of hydrogen-bond acceptors (Lipinski definition) is 4. The Labute approximate surface area is 127 Å². The van der Waals surface area contributed by atoms with Crippen molar-refractivity contribution < 1.29 is 18.7 Å². The summed E-state index contributed by atoms with van der Waals surface area (Å²) >= 11 is 0. The van der Waals surface area contributed by atoms with Gasteiger partial charge in [-0.15, -0.1) is 0 Å². The van der Waals surface area contributed by atoms with Crippen molar-refractivity contribution in [2.45, 2.75) is 6.42 Å². The molecule has 1 amide bonds.